The van der Waals surface area contributed by atoms with Crippen LogP contribution in [0.4, 0.5) is 0 Å². The van der Waals surface area contributed by atoms with E-state index in [1.807, 2.05) is 0 Å². The molecular formula is C16H22O3. The van der Waals surface area contributed by atoms with E-state index in [2.05, 4.69) is 18.2 Å². The molecule has 1 aromatic carbocycles. The summed E-state index contributed by atoms with van der Waals surface area (Å²) in [7, 11) is 0. The highest BCUT2D eigenvalue weighted by atomic mass is 16.5. The van der Waals surface area contributed by atoms with E-state index in [1.165, 1.54) is 11.1 Å². The van der Waals surface area contributed by atoms with Crippen molar-refractivity contribution in [3.63, 3.8) is 0 Å². The topological polar surface area (TPSA) is 38.7 Å². The lowest BCUT2D eigenvalue weighted by molar-refractivity contribution is 0.0508. The first-order valence-electron chi connectivity index (χ1n) is 7.35. The second-order valence-electron chi connectivity index (χ2n) is 5.60. The molecule has 0 spiro atoms. The number of aliphatic hydroxyl groups excluding tert-OH is 1. The zero-order valence-electron chi connectivity index (χ0n) is 11.3. The van der Waals surface area contributed by atoms with E-state index in [4.69, 9.17) is 9.47 Å². The first-order chi connectivity index (χ1) is 9.31. The molecule has 0 radical (unpaired) electrons. The Morgan fingerprint density at radius 1 is 1.32 bits per heavy atom. The van der Waals surface area contributed by atoms with Gasteiger partial charge >= 0.3 is 0 Å². The maximum atomic E-state index is 10.1. The maximum Gasteiger partial charge on any atom is 0.122 e. The van der Waals surface area contributed by atoms with Gasteiger partial charge in [-0.05, 0) is 49.3 Å². The Balaban J connectivity index is 1.48. The standard InChI is InChI=1S/C16H22O3/c17-14(11-15-2-1-8-18-15)5-3-12-4-6-16-13(10-12)7-9-19-16/h4,6,10,14-15,17H,1-3,5,7-9,11H2. The summed E-state index contributed by atoms with van der Waals surface area (Å²) in [6.07, 6.45) is 5.84. The third-order valence-corrected chi connectivity index (χ3v) is 4.08. The molecule has 0 aliphatic carbocycles. The van der Waals surface area contributed by atoms with Gasteiger partial charge in [0.05, 0.1) is 18.8 Å². The largest absolute Gasteiger partial charge is 0.493 e. The van der Waals surface area contributed by atoms with Gasteiger partial charge < -0.3 is 14.6 Å². The zero-order valence-corrected chi connectivity index (χ0v) is 11.3. The van der Waals surface area contributed by atoms with Crippen molar-refractivity contribution in [1.29, 1.82) is 0 Å². The summed E-state index contributed by atoms with van der Waals surface area (Å²) in [6, 6.07) is 6.40. The van der Waals surface area contributed by atoms with Crippen molar-refractivity contribution < 1.29 is 14.6 Å². The van der Waals surface area contributed by atoms with Gasteiger partial charge in [-0.15, -0.1) is 0 Å². The summed E-state index contributed by atoms with van der Waals surface area (Å²) in [5.74, 6) is 1.03. The average molecular weight is 262 g/mol. The van der Waals surface area contributed by atoms with Crippen molar-refractivity contribution in [3.8, 4) is 5.75 Å². The molecule has 2 unspecified atom stereocenters. The number of rotatable bonds is 5. The lowest BCUT2D eigenvalue weighted by atomic mass is 10.00. The second-order valence-corrected chi connectivity index (χ2v) is 5.60. The quantitative estimate of drug-likeness (QED) is 0.886. The minimum Gasteiger partial charge on any atom is -0.493 e. The van der Waals surface area contributed by atoms with Crippen molar-refractivity contribution in [2.45, 2.75) is 50.7 Å². The molecule has 1 fully saturated rings. The van der Waals surface area contributed by atoms with Crippen LogP contribution in [0.3, 0.4) is 0 Å². The Bertz CT molecular complexity index is 424. The molecular weight excluding hydrogens is 240 g/mol. The summed E-state index contributed by atoms with van der Waals surface area (Å²) in [5.41, 5.74) is 2.61. The second kappa shape index (κ2) is 5.93. The number of hydrogen-bond acceptors (Lipinski definition) is 3. The molecule has 0 saturated carbocycles. The van der Waals surface area contributed by atoms with Crippen LogP contribution in [0.1, 0.15) is 36.8 Å². The van der Waals surface area contributed by atoms with E-state index in [-0.39, 0.29) is 12.2 Å². The molecule has 0 aromatic heterocycles. The Hall–Kier alpha value is -1.06. The normalized spacial score (nSPS) is 23.1. The van der Waals surface area contributed by atoms with E-state index >= 15 is 0 Å². The van der Waals surface area contributed by atoms with Crippen molar-refractivity contribution in [1.82, 2.24) is 0 Å². The van der Waals surface area contributed by atoms with E-state index in [1.54, 1.807) is 0 Å². The lowest BCUT2D eigenvalue weighted by Gasteiger charge is -2.15. The molecule has 0 amide bonds. The number of hydrogen-bond donors (Lipinski definition) is 1. The van der Waals surface area contributed by atoms with Crippen LogP contribution in [-0.2, 0) is 17.6 Å². The Morgan fingerprint density at radius 2 is 2.26 bits per heavy atom. The van der Waals surface area contributed by atoms with Crippen molar-refractivity contribution in [3.05, 3.63) is 29.3 Å². The van der Waals surface area contributed by atoms with E-state index in [0.29, 0.717) is 0 Å². The molecule has 2 aliphatic heterocycles. The summed E-state index contributed by atoms with van der Waals surface area (Å²) in [4.78, 5) is 0. The summed E-state index contributed by atoms with van der Waals surface area (Å²) < 4.78 is 11.1. The molecule has 1 saturated heterocycles. The molecule has 3 nitrogen and oxygen atoms in total. The van der Waals surface area contributed by atoms with Crippen LogP contribution in [0.15, 0.2) is 18.2 Å². The third-order valence-electron chi connectivity index (χ3n) is 4.08. The molecule has 3 heteroatoms. The SMILES string of the molecule is OC(CCc1ccc2c(c1)CCO2)CC1CCCO1. The van der Waals surface area contributed by atoms with Crippen LogP contribution in [-0.4, -0.2) is 30.5 Å². The Morgan fingerprint density at radius 3 is 3.11 bits per heavy atom. The fraction of sp³-hybridized carbons (Fsp3) is 0.625. The van der Waals surface area contributed by atoms with Crippen molar-refractivity contribution in [2.75, 3.05) is 13.2 Å². The molecule has 2 atom stereocenters. The fourth-order valence-electron chi connectivity index (χ4n) is 2.98. The van der Waals surface area contributed by atoms with Crippen LogP contribution >= 0.6 is 0 Å². The van der Waals surface area contributed by atoms with E-state index < -0.39 is 0 Å². The zero-order chi connectivity index (χ0) is 13.1. The van der Waals surface area contributed by atoms with Gasteiger partial charge in [0.15, 0.2) is 0 Å². The molecule has 2 heterocycles. The van der Waals surface area contributed by atoms with Gasteiger partial charge in [-0.1, -0.05) is 12.1 Å². The maximum absolute atomic E-state index is 10.1. The molecule has 19 heavy (non-hydrogen) atoms. The van der Waals surface area contributed by atoms with Crippen molar-refractivity contribution >= 4 is 0 Å². The molecule has 3 rings (SSSR count). The van der Waals surface area contributed by atoms with Crippen LogP contribution in [0, 0.1) is 0 Å². The number of aliphatic hydroxyl groups is 1. The van der Waals surface area contributed by atoms with Crippen LogP contribution in [0.25, 0.3) is 0 Å². The van der Waals surface area contributed by atoms with Crippen LogP contribution in [0.5, 0.6) is 5.75 Å². The smallest absolute Gasteiger partial charge is 0.122 e. The summed E-state index contributed by atoms with van der Waals surface area (Å²) in [5, 5.41) is 10.1. The predicted octanol–water partition coefficient (Wildman–Crippen LogP) is 2.48. The Kier molecular flexibility index (Phi) is 4.04. The summed E-state index contributed by atoms with van der Waals surface area (Å²) >= 11 is 0. The number of fused-ring (bicyclic) bond motifs is 1. The number of ether oxygens (including phenoxy) is 2. The lowest BCUT2D eigenvalue weighted by Crippen LogP contribution is -2.17. The fourth-order valence-corrected chi connectivity index (χ4v) is 2.98. The van der Waals surface area contributed by atoms with Crippen LogP contribution < -0.4 is 4.74 Å². The highest BCUT2D eigenvalue weighted by Gasteiger charge is 2.19. The molecule has 104 valence electrons. The van der Waals surface area contributed by atoms with Gasteiger partial charge in [0.25, 0.3) is 0 Å². The Labute approximate surface area is 114 Å². The highest BCUT2D eigenvalue weighted by molar-refractivity contribution is 5.39. The van der Waals surface area contributed by atoms with Crippen molar-refractivity contribution in [2.24, 2.45) is 0 Å². The van der Waals surface area contributed by atoms with Gasteiger partial charge in [0, 0.05) is 13.0 Å². The molecule has 2 aliphatic rings. The minimum atomic E-state index is -0.243. The van der Waals surface area contributed by atoms with Gasteiger partial charge in [-0.3, -0.25) is 0 Å². The molecule has 1 N–H and O–H groups in total. The third kappa shape index (κ3) is 3.28. The highest BCUT2D eigenvalue weighted by Crippen LogP contribution is 2.26. The van der Waals surface area contributed by atoms with E-state index in [0.717, 1.165) is 57.5 Å². The minimum absolute atomic E-state index is 0.243. The first-order valence-corrected chi connectivity index (χ1v) is 7.35. The summed E-state index contributed by atoms with van der Waals surface area (Å²) in [6.45, 7) is 1.67. The van der Waals surface area contributed by atoms with Gasteiger partial charge in [-0.2, -0.15) is 0 Å². The predicted molar refractivity (Wildman–Crippen MR) is 73.6 cm³/mol. The van der Waals surface area contributed by atoms with Crippen LogP contribution in [0.2, 0.25) is 0 Å². The first kappa shape index (κ1) is 12.9. The van der Waals surface area contributed by atoms with Gasteiger partial charge in [0.2, 0.25) is 0 Å². The average Bonchev–Trinajstić information content (AvgIpc) is 3.06. The molecule has 0 bridgehead atoms. The van der Waals surface area contributed by atoms with Gasteiger partial charge in [0.1, 0.15) is 5.75 Å². The van der Waals surface area contributed by atoms with E-state index in [9.17, 15) is 5.11 Å². The monoisotopic (exact) mass is 262 g/mol. The number of benzene rings is 1. The molecule has 1 aromatic rings. The van der Waals surface area contributed by atoms with Gasteiger partial charge in [-0.25, -0.2) is 0 Å². The number of aryl methyl sites for hydroxylation is 1.